The maximum Gasteiger partial charge on any atom is 0.380 e. The number of hydrogen-bond donors (Lipinski definition) is 1. The Morgan fingerprint density at radius 2 is 1.91 bits per heavy atom. The molecule has 0 spiro atoms. The van der Waals surface area contributed by atoms with Crippen molar-refractivity contribution >= 4 is 40.1 Å². The Kier molecular flexibility index (Phi) is 6.93. The largest absolute Gasteiger partial charge is 0.489 e. The van der Waals surface area contributed by atoms with Crippen LogP contribution < -0.4 is 10.1 Å². The van der Waals surface area contributed by atoms with Crippen LogP contribution in [0.25, 0.3) is 11.0 Å². The molecule has 5 rings (SSSR count). The first kappa shape index (κ1) is 24.3. The standard InChI is InChI=1S/C26H26Cl2F2N2O3/c27-18-4-8-22-17(13-18)14-24(35-22)26(29,30)25(33)31-19(15-32-9-1-2-10-32)11-16-3-7-23(21(28)12-16)34-20-5-6-20/h3-4,7-8,12-14,19-20H,1-2,5-6,9-11,15H2,(H,31,33)/t19-/m0/s1. The van der Waals surface area contributed by atoms with Crippen LogP contribution >= 0.6 is 23.2 Å². The third-order valence-electron chi connectivity index (χ3n) is 6.38. The summed E-state index contributed by atoms with van der Waals surface area (Å²) in [5, 5.41) is 3.86. The summed E-state index contributed by atoms with van der Waals surface area (Å²) in [5.41, 5.74) is 1.08. The first-order chi connectivity index (χ1) is 16.8. The molecule has 0 bridgehead atoms. The van der Waals surface area contributed by atoms with Crippen molar-refractivity contribution < 1.29 is 22.7 Å². The highest BCUT2D eigenvalue weighted by Crippen LogP contribution is 2.35. The molecule has 2 aliphatic rings. The molecular formula is C26H26Cl2F2N2O3. The summed E-state index contributed by atoms with van der Waals surface area (Å²) in [4.78, 5) is 15.0. The van der Waals surface area contributed by atoms with Gasteiger partial charge in [0.2, 0.25) is 0 Å². The van der Waals surface area contributed by atoms with E-state index in [0.29, 0.717) is 34.1 Å². The number of fused-ring (bicyclic) bond motifs is 1. The van der Waals surface area contributed by atoms with Crippen LogP contribution in [0.5, 0.6) is 5.75 Å². The molecule has 1 N–H and O–H groups in total. The molecule has 3 aromatic rings. The first-order valence-corrected chi connectivity index (χ1v) is 12.6. The third-order valence-corrected chi connectivity index (χ3v) is 6.91. The summed E-state index contributed by atoms with van der Waals surface area (Å²) in [6, 6.07) is 10.7. The number of benzene rings is 2. The van der Waals surface area contributed by atoms with Gasteiger partial charge in [-0.25, -0.2) is 0 Å². The van der Waals surface area contributed by atoms with Gasteiger partial charge in [-0.1, -0.05) is 29.3 Å². The van der Waals surface area contributed by atoms with Crippen LogP contribution in [0.3, 0.4) is 0 Å². The molecular weight excluding hydrogens is 497 g/mol. The van der Waals surface area contributed by atoms with Crippen LogP contribution in [0, 0.1) is 0 Å². The lowest BCUT2D eigenvalue weighted by molar-refractivity contribution is -0.150. The molecule has 0 radical (unpaired) electrons. The fraction of sp³-hybridized carbons (Fsp3) is 0.423. The SMILES string of the molecule is O=C(N[C@@H](Cc1ccc(OC2CC2)c(Cl)c1)CN1CCCC1)C(F)(F)c1cc2cc(Cl)ccc2o1. The van der Waals surface area contributed by atoms with E-state index < -0.39 is 23.6 Å². The molecule has 1 saturated carbocycles. The highest BCUT2D eigenvalue weighted by molar-refractivity contribution is 6.32. The number of amides is 1. The van der Waals surface area contributed by atoms with E-state index in [9.17, 15) is 4.79 Å². The number of carbonyl (C=O) groups is 1. The summed E-state index contributed by atoms with van der Waals surface area (Å²) in [7, 11) is 0. The molecule has 2 heterocycles. The number of furan rings is 1. The molecule has 1 aliphatic carbocycles. The van der Waals surface area contributed by atoms with Crippen molar-refractivity contribution in [3.05, 3.63) is 63.8 Å². The van der Waals surface area contributed by atoms with Gasteiger partial charge in [0.05, 0.1) is 11.1 Å². The fourth-order valence-electron chi connectivity index (χ4n) is 4.41. The molecule has 1 saturated heterocycles. The summed E-state index contributed by atoms with van der Waals surface area (Å²) < 4.78 is 41.4. The van der Waals surface area contributed by atoms with Crippen LogP contribution in [0.4, 0.5) is 8.78 Å². The predicted octanol–water partition coefficient (Wildman–Crippen LogP) is 6.20. The second kappa shape index (κ2) is 9.96. The van der Waals surface area contributed by atoms with E-state index in [-0.39, 0.29) is 11.7 Å². The lowest BCUT2D eigenvalue weighted by Crippen LogP contribution is -2.49. The lowest BCUT2D eigenvalue weighted by atomic mass is 10.0. The Balaban J connectivity index is 1.33. The molecule has 2 fully saturated rings. The minimum atomic E-state index is -3.84. The van der Waals surface area contributed by atoms with Crippen molar-refractivity contribution in [3.8, 4) is 5.75 Å². The average molecular weight is 523 g/mol. The van der Waals surface area contributed by atoms with E-state index in [0.717, 1.165) is 50.4 Å². The van der Waals surface area contributed by atoms with Gasteiger partial charge >= 0.3 is 5.92 Å². The van der Waals surface area contributed by atoms with Gasteiger partial charge in [0, 0.05) is 23.0 Å². The maximum atomic E-state index is 15.2. The third kappa shape index (κ3) is 5.74. The van der Waals surface area contributed by atoms with Crippen LogP contribution in [0.15, 0.2) is 46.9 Å². The smallest absolute Gasteiger partial charge is 0.380 e. The van der Waals surface area contributed by atoms with Gasteiger partial charge in [0.1, 0.15) is 11.3 Å². The second-order valence-electron chi connectivity index (χ2n) is 9.33. The first-order valence-electron chi connectivity index (χ1n) is 11.8. The quantitative estimate of drug-likeness (QED) is 0.363. The number of nitrogens with one attached hydrogen (secondary N) is 1. The van der Waals surface area contributed by atoms with Gasteiger partial charge in [-0.05, 0) is 87.2 Å². The monoisotopic (exact) mass is 522 g/mol. The van der Waals surface area contributed by atoms with Crippen molar-refractivity contribution in [1.29, 1.82) is 0 Å². The minimum absolute atomic E-state index is 0.219. The van der Waals surface area contributed by atoms with Crippen molar-refractivity contribution in [3.63, 3.8) is 0 Å². The topological polar surface area (TPSA) is 54.7 Å². The van der Waals surface area contributed by atoms with E-state index in [1.165, 1.54) is 12.1 Å². The number of carbonyl (C=O) groups excluding carboxylic acids is 1. The highest BCUT2D eigenvalue weighted by Gasteiger charge is 2.45. The summed E-state index contributed by atoms with van der Waals surface area (Å²) in [6.07, 6.45) is 4.73. The molecule has 5 nitrogen and oxygen atoms in total. The summed E-state index contributed by atoms with van der Waals surface area (Å²) in [5.74, 6) is -5.33. The number of ether oxygens (including phenoxy) is 1. The number of likely N-dealkylation sites (tertiary alicyclic amines) is 1. The van der Waals surface area contributed by atoms with E-state index >= 15 is 8.78 Å². The molecule has 9 heteroatoms. The number of hydrogen-bond acceptors (Lipinski definition) is 4. The van der Waals surface area contributed by atoms with Crippen LogP contribution in [0.1, 0.15) is 37.0 Å². The van der Waals surface area contributed by atoms with Crippen molar-refractivity contribution in [2.45, 2.75) is 50.2 Å². The predicted molar refractivity (Wildman–Crippen MR) is 132 cm³/mol. The van der Waals surface area contributed by atoms with Crippen molar-refractivity contribution in [2.75, 3.05) is 19.6 Å². The maximum absolute atomic E-state index is 15.2. The molecule has 1 atom stereocenters. The molecule has 1 amide bonds. The second-order valence-corrected chi connectivity index (χ2v) is 10.2. The Labute approximate surface area is 212 Å². The Morgan fingerprint density at radius 1 is 1.14 bits per heavy atom. The molecule has 186 valence electrons. The van der Waals surface area contributed by atoms with Crippen LogP contribution in [-0.2, 0) is 17.1 Å². The lowest BCUT2D eigenvalue weighted by Gasteiger charge is -2.26. The van der Waals surface area contributed by atoms with E-state index in [1.54, 1.807) is 18.2 Å². The van der Waals surface area contributed by atoms with Crippen LogP contribution in [0.2, 0.25) is 10.0 Å². The average Bonchev–Trinajstić information content (AvgIpc) is 3.28. The minimum Gasteiger partial charge on any atom is -0.489 e. The zero-order valence-corrected chi connectivity index (χ0v) is 20.5. The number of nitrogens with zero attached hydrogens (tertiary/aromatic N) is 1. The van der Waals surface area contributed by atoms with Crippen molar-refractivity contribution in [2.24, 2.45) is 0 Å². The normalized spacial score (nSPS) is 17.6. The zero-order valence-electron chi connectivity index (χ0n) is 19.0. The fourth-order valence-corrected chi connectivity index (χ4v) is 4.84. The zero-order chi connectivity index (χ0) is 24.6. The summed E-state index contributed by atoms with van der Waals surface area (Å²) >= 11 is 12.3. The molecule has 0 unspecified atom stereocenters. The molecule has 1 aliphatic heterocycles. The van der Waals surface area contributed by atoms with Gasteiger partial charge in [0.25, 0.3) is 5.91 Å². The van der Waals surface area contributed by atoms with E-state index in [4.69, 9.17) is 32.4 Å². The van der Waals surface area contributed by atoms with Gasteiger partial charge in [0.15, 0.2) is 5.76 Å². The van der Waals surface area contributed by atoms with Gasteiger partial charge < -0.3 is 19.4 Å². The highest BCUT2D eigenvalue weighted by atomic mass is 35.5. The van der Waals surface area contributed by atoms with E-state index in [2.05, 4.69) is 10.2 Å². The van der Waals surface area contributed by atoms with Crippen LogP contribution in [-0.4, -0.2) is 42.6 Å². The summed E-state index contributed by atoms with van der Waals surface area (Å²) in [6.45, 7) is 2.22. The molecule has 35 heavy (non-hydrogen) atoms. The Morgan fingerprint density at radius 3 is 2.63 bits per heavy atom. The number of halogens is 4. The Hall–Kier alpha value is -2.35. The van der Waals surface area contributed by atoms with Gasteiger partial charge in [-0.15, -0.1) is 0 Å². The number of rotatable bonds is 9. The number of alkyl halides is 2. The van der Waals surface area contributed by atoms with Gasteiger partial charge in [-0.2, -0.15) is 8.78 Å². The molecule has 2 aromatic carbocycles. The van der Waals surface area contributed by atoms with Crippen molar-refractivity contribution in [1.82, 2.24) is 10.2 Å². The van der Waals surface area contributed by atoms with E-state index in [1.807, 2.05) is 6.07 Å². The Bertz CT molecular complexity index is 1220. The van der Waals surface area contributed by atoms with Gasteiger partial charge in [-0.3, -0.25) is 4.79 Å². The molecule has 1 aromatic heterocycles.